The first-order valence-electron chi connectivity index (χ1n) is 12.0. The smallest absolute Gasteiger partial charge is 0.264 e. The predicted molar refractivity (Wildman–Crippen MR) is 146 cm³/mol. The van der Waals surface area contributed by atoms with Crippen molar-refractivity contribution < 1.29 is 17.9 Å². The molecule has 0 saturated heterocycles. The fourth-order valence-electron chi connectivity index (χ4n) is 4.05. The maximum atomic E-state index is 13.9. The van der Waals surface area contributed by atoms with Gasteiger partial charge in [-0.3, -0.25) is 9.10 Å². The number of para-hydroxylation sites is 1. The van der Waals surface area contributed by atoms with Gasteiger partial charge in [0, 0.05) is 6.54 Å². The van der Waals surface area contributed by atoms with Gasteiger partial charge in [0.25, 0.3) is 15.9 Å². The number of nitrogens with zero attached hydrogens (tertiary/aromatic N) is 1. The van der Waals surface area contributed by atoms with Crippen molar-refractivity contribution in [3.8, 4) is 5.75 Å². The van der Waals surface area contributed by atoms with Gasteiger partial charge >= 0.3 is 0 Å². The number of hydrogen-bond acceptors (Lipinski definition) is 4. The van der Waals surface area contributed by atoms with Gasteiger partial charge in [0.15, 0.2) is 0 Å². The molecule has 0 fully saturated rings. The fourth-order valence-corrected chi connectivity index (χ4v) is 5.52. The van der Waals surface area contributed by atoms with E-state index in [4.69, 9.17) is 4.74 Å². The minimum absolute atomic E-state index is 0.0694. The number of sulfonamides is 1. The van der Waals surface area contributed by atoms with Crippen LogP contribution in [0.5, 0.6) is 5.75 Å². The third-order valence-corrected chi connectivity index (χ3v) is 7.95. The lowest BCUT2D eigenvalue weighted by Gasteiger charge is -2.27. The van der Waals surface area contributed by atoms with Gasteiger partial charge in [0.2, 0.25) is 0 Å². The molecule has 0 bridgehead atoms. The third-order valence-electron chi connectivity index (χ3n) is 6.17. The molecule has 1 atom stereocenters. The van der Waals surface area contributed by atoms with Crippen LogP contribution in [0, 0.1) is 0 Å². The topological polar surface area (TPSA) is 75.7 Å². The number of nitrogens with one attached hydrogen (secondary N) is 1. The predicted octanol–water partition coefficient (Wildman–Crippen LogP) is 5.62. The zero-order valence-electron chi connectivity index (χ0n) is 20.9. The summed E-state index contributed by atoms with van der Waals surface area (Å²) in [5, 5.41) is 2.99. The summed E-state index contributed by atoms with van der Waals surface area (Å²) in [5.41, 5.74) is 2.51. The molecule has 0 aliphatic rings. The van der Waals surface area contributed by atoms with E-state index in [0.717, 1.165) is 11.1 Å². The molecule has 1 amide bonds. The lowest BCUT2D eigenvalue weighted by Crippen LogP contribution is -2.34. The van der Waals surface area contributed by atoms with E-state index < -0.39 is 10.0 Å². The van der Waals surface area contributed by atoms with Crippen LogP contribution in [-0.2, 0) is 16.6 Å². The van der Waals surface area contributed by atoms with E-state index in [1.807, 2.05) is 67.6 Å². The van der Waals surface area contributed by atoms with Crippen LogP contribution in [-0.4, -0.2) is 28.0 Å². The number of carbonyl (C=O) groups is 1. The quantitative estimate of drug-likeness (QED) is 0.298. The van der Waals surface area contributed by atoms with E-state index in [2.05, 4.69) is 5.32 Å². The van der Waals surface area contributed by atoms with E-state index >= 15 is 0 Å². The highest BCUT2D eigenvalue weighted by molar-refractivity contribution is 7.92. The zero-order valence-corrected chi connectivity index (χ0v) is 21.7. The molecule has 0 unspecified atom stereocenters. The molecule has 4 rings (SSSR count). The van der Waals surface area contributed by atoms with Gasteiger partial charge in [0.05, 0.1) is 29.8 Å². The summed E-state index contributed by atoms with van der Waals surface area (Å²) >= 11 is 0. The Bertz CT molecular complexity index is 1420. The fraction of sp³-hybridized carbons (Fsp3) is 0.167. The molecule has 6 nitrogen and oxygen atoms in total. The first-order valence-corrected chi connectivity index (χ1v) is 13.5. The molecule has 0 saturated carbocycles. The molecule has 0 heterocycles. The maximum Gasteiger partial charge on any atom is 0.264 e. The number of carbonyl (C=O) groups excluding carboxylic acids is 1. The van der Waals surface area contributed by atoms with Crippen molar-refractivity contribution in [1.29, 1.82) is 0 Å². The van der Waals surface area contributed by atoms with Gasteiger partial charge < -0.3 is 10.1 Å². The molecule has 1 N–H and O–H groups in total. The SMILES string of the molecule is COc1ccc(S(=O)(=O)N(Cc2ccccc2)c2ccccc2C(=O)NC[C@@H](C)c2ccccc2)cc1. The van der Waals surface area contributed by atoms with Crippen LogP contribution in [0.25, 0.3) is 0 Å². The van der Waals surface area contributed by atoms with Crippen molar-refractivity contribution in [3.05, 3.63) is 126 Å². The summed E-state index contributed by atoms with van der Waals surface area (Å²) in [6.45, 7) is 2.53. The third kappa shape index (κ3) is 6.19. The Kier molecular flexibility index (Phi) is 8.25. The minimum atomic E-state index is -4.01. The van der Waals surface area contributed by atoms with E-state index in [9.17, 15) is 13.2 Å². The molecular formula is C30H30N2O4S. The summed E-state index contributed by atoms with van der Waals surface area (Å²) in [6, 6.07) is 32.3. The number of amides is 1. The Morgan fingerprint density at radius 2 is 1.43 bits per heavy atom. The van der Waals surface area contributed by atoms with E-state index in [-0.39, 0.29) is 28.8 Å². The second-order valence-corrected chi connectivity index (χ2v) is 10.6. The number of hydrogen-bond donors (Lipinski definition) is 1. The highest BCUT2D eigenvalue weighted by Gasteiger charge is 2.28. The summed E-state index contributed by atoms with van der Waals surface area (Å²) in [4.78, 5) is 13.5. The lowest BCUT2D eigenvalue weighted by atomic mass is 10.0. The maximum absolute atomic E-state index is 13.9. The Labute approximate surface area is 218 Å². The molecule has 0 aliphatic heterocycles. The highest BCUT2D eigenvalue weighted by atomic mass is 32.2. The van der Waals surface area contributed by atoms with Gasteiger partial charge in [0.1, 0.15) is 5.75 Å². The van der Waals surface area contributed by atoms with Crippen molar-refractivity contribution in [3.63, 3.8) is 0 Å². The molecule has 0 aliphatic carbocycles. The Balaban J connectivity index is 1.68. The lowest BCUT2D eigenvalue weighted by molar-refractivity contribution is 0.0952. The van der Waals surface area contributed by atoms with Crippen LogP contribution in [0.4, 0.5) is 5.69 Å². The summed E-state index contributed by atoms with van der Waals surface area (Å²) < 4.78 is 34.3. The van der Waals surface area contributed by atoms with Crippen LogP contribution in [0.15, 0.2) is 114 Å². The average molecular weight is 515 g/mol. The Hall–Kier alpha value is -4.10. The van der Waals surface area contributed by atoms with Crippen molar-refractivity contribution in [2.24, 2.45) is 0 Å². The van der Waals surface area contributed by atoms with Crippen LogP contribution < -0.4 is 14.4 Å². The Morgan fingerprint density at radius 3 is 2.08 bits per heavy atom. The van der Waals surface area contributed by atoms with Crippen LogP contribution >= 0.6 is 0 Å². The van der Waals surface area contributed by atoms with Crippen molar-refractivity contribution >= 4 is 21.6 Å². The van der Waals surface area contributed by atoms with Gasteiger partial charge in [-0.15, -0.1) is 0 Å². The van der Waals surface area contributed by atoms with E-state index in [1.165, 1.54) is 23.5 Å². The molecular weight excluding hydrogens is 484 g/mol. The summed E-state index contributed by atoms with van der Waals surface area (Å²) in [7, 11) is -2.48. The standard InChI is InChI=1S/C30H30N2O4S/c1-23(25-13-7-4-8-14-25)21-31-30(33)28-15-9-10-16-29(28)32(22-24-11-5-3-6-12-24)37(34,35)27-19-17-26(36-2)18-20-27/h3-20,23H,21-22H2,1-2H3,(H,31,33)/t23-/m1/s1. The molecule has 4 aromatic carbocycles. The van der Waals surface area contributed by atoms with Crippen molar-refractivity contribution in [1.82, 2.24) is 5.32 Å². The number of anilines is 1. The molecule has 0 radical (unpaired) electrons. The number of rotatable bonds is 10. The molecule has 190 valence electrons. The molecule has 37 heavy (non-hydrogen) atoms. The summed E-state index contributed by atoms with van der Waals surface area (Å²) in [5.74, 6) is 0.322. The zero-order chi connectivity index (χ0) is 26.3. The average Bonchev–Trinajstić information content (AvgIpc) is 2.95. The van der Waals surface area contributed by atoms with E-state index in [1.54, 1.807) is 36.4 Å². The second-order valence-electron chi connectivity index (χ2n) is 8.71. The number of methoxy groups -OCH3 is 1. The monoisotopic (exact) mass is 514 g/mol. The Morgan fingerprint density at radius 1 is 0.838 bits per heavy atom. The number of benzene rings is 4. The van der Waals surface area contributed by atoms with Crippen molar-refractivity contribution in [2.45, 2.75) is 24.3 Å². The first-order chi connectivity index (χ1) is 17.9. The van der Waals surface area contributed by atoms with Crippen LogP contribution in [0.3, 0.4) is 0 Å². The van der Waals surface area contributed by atoms with Crippen LogP contribution in [0.1, 0.15) is 34.3 Å². The second kappa shape index (κ2) is 11.8. The molecule has 0 spiro atoms. The normalized spacial score (nSPS) is 11.9. The van der Waals surface area contributed by atoms with Gasteiger partial charge in [-0.05, 0) is 53.4 Å². The van der Waals surface area contributed by atoms with Gasteiger partial charge in [-0.2, -0.15) is 0 Å². The van der Waals surface area contributed by atoms with Gasteiger partial charge in [-0.25, -0.2) is 8.42 Å². The molecule has 7 heteroatoms. The summed E-state index contributed by atoms with van der Waals surface area (Å²) in [6.07, 6.45) is 0. The highest BCUT2D eigenvalue weighted by Crippen LogP contribution is 2.30. The largest absolute Gasteiger partial charge is 0.497 e. The van der Waals surface area contributed by atoms with Gasteiger partial charge in [-0.1, -0.05) is 79.7 Å². The molecule has 0 aromatic heterocycles. The number of ether oxygens (including phenoxy) is 1. The van der Waals surface area contributed by atoms with Crippen LogP contribution in [0.2, 0.25) is 0 Å². The van der Waals surface area contributed by atoms with E-state index in [0.29, 0.717) is 18.0 Å². The minimum Gasteiger partial charge on any atom is -0.497 e. The first kappa shape index (κ1) is 26.0. The molecule has 4 aromatic rings. The van der Waals surface area contributed by atoms with Crippen molar-refractivity contribution in [2.75, 3.05) is 18.0 Å².